The minimum absolute atomic E-state index is 0.0129. The molecule has 0 saturated carbocycles. The lowest BCUT2D eigenvalue weighted by Gasteiger charge is -2.10. The fourth-order valence-electron chi connectivity index (χ4n) is 4.30. The number of benzene rings is 3. The summed E-state index contributed by atoms with van der Waals surface area (Å²) in [5.41, 5.74) is 3.73. The van der Waals surface area contributed by atoms with Crippen LogP contribution in [0.25, 0.3) is 23.0 Å². The number of ether oxygens (including phenoxy) is 2. The molecule has 0 spiro atoms. The molecule has 8 heteroatoms. The third kappa shape index (κ3) is 6.58. The highest BCUT2D eigenvalue weighted by molar-refractivity contribution is 6.02. The molecule has 1 amide bonds. The van der Waals surface area contributed by atoms with Gasteiger partial charge in [-0.3, -0.25) is 4.79 Å². The highest BCUT2D eigenvalue weighted by Gasteiger charge is 2.19. The maximum absolute atomic E-state index is 13.1. The van der Waals surface area contributed by atoms with E-state index in [1.54, 1.807) is 29.1 Å². The number of aromatic nitrogens is 2. The van der Waals surface area contributed by atoms with E-state index in [9.17, 15) is 14.4 Å². The standard InChI is InChI=1S/C31H27FN4O3/c32-26-12-8-22(9-13-26)21-39-28-14-10-23(11-15-28)30-25(20-36(35-30)27-5-2-1-3-6-27)17-24(18-33)31(37)34-19-29-7-4-16-38-29/h1-3,5-6,8-15,17,20,29H,4,7,16,19,21H2,(H,34,37). The molecule has 0 aliphatic carbocycles. The zero-order valence-corrected chi connectivity index (χ0v) is 21.2. The third-order valence-electron chi connectivity index (χ3n) is 6.39. The Morgan fingerprint density at radius 2 is 1.90 bits per heavy atom. The smallest absolute Gasteiger partial charge is 0.262 e. The van der Waals surface area contributed by atoms with Gasteiger partial charge < -0.3 is 14.8 Å². The van der Waals surface area contributed by atoms with Gasteiger partial charge >= 0.3 is 0 Å². The van der Waals surface area contributed by atoms with Gasteiger partial charge in [0.1, 0.15) is 29.8 Å². The van der Waals surface area contributed by atoms with Crippen LogP contribution in [-0.4, -0.2) is 34.9 Å². The van der Waals surface area contributed by atoms with E-state index in [2.05, 4.69) is 5.32 Å². The average Bonchev–Trinajstić information content (AvgIpc) is 3.65. The highest BCUT2D eigenvalue weighted by Crippen LogP contribution is 2.28. The van der Waals surface area contributed by atoms with Gasteiger partial charge in [0.2, 0.25) is 0 Å². The Labute approximate surface area is 226 Å². The van der Waals surface area contributed by atoms with Gasteiger partial charge in [0, 0.05) is 30.5 Å². The van der Waals surface area contributed by atoms with E-state index < -0.39 is 5.91 Å². The van der Waals surface area contributed by atoms with Gasteiger partial charge in [-0.25, -0.2) is 9.07 Å². The summed E-state index contributed by atoms with van der Waals surface area (Å²) in [6.45, 7) is 1.37. The topological polar surface area (TPSA) is 89.2 Å². The lowest BCUT2D eigenvalue weighted by atomic mass is 10.1. The van der Waals surface area contributed by atoms with E-state index >= 15 is 0 Å². The van der Waals surface area contributed by atoms with Gasteiger partial charge in [-0.2, -0.15) is 10.4 Å². The molecule has 1 unspecified atom stereocenters. The van der Waals surface area contributed by atoms with E-state index in [0.717, 1.165) is 29.7 Å². The third-order valence-corrected chi connectivity index (χ3v) is 6.39. The molecule has 1 aliphatic rings. The van der Waals surface area contributed by atoms with Crippen LogP contribution < -0.4 is 10.1 Å². The lowest BCUT2D eigenvalue weighted by molar-refractivity contribution is -0.117. The predicted octanol–water partition coefficient (Wildman–Crippen LogP) is 5.46. The van der Waals surface area contributed by atoms with Crippen LogP contribution in [0, 0.1) is 17.1 Å². The summed E-state index contributed by atoms with van der Waals surface area (Å²) < 4.78 is 26.3. The molecule has 1 aromatic heterocycles. The zero-order valence-electron chi connectivity index (χ0n) is 21.2. The second-order valence-corrected chi connectivity index (χ2v) is 9.17. The van der Waals surface area contributed by atoms with Gasteiger partial charge in [-0.05, 0) is 73.0 Å². The Balaban J connectivity index is 1.39. The molecule has 196 valence electrons. The maximum Gasteiger partial charge on any atom is 0.262 e. The van der Waals surface area contributed by atoms with Crippen molar-refractivity contribution in [2.75, 3.05) is 13.2 Å². The molecule has 4 aromatic rings. The van der Waals surface area contributed by atoms with Crippen molar-refractivity contribution in [1.29, 1.82) is 5.26 Å². The van der Waals surface area contributed by atoms with Crippen molar-refractivity contribution in [1.82, 2.24) is 15.1 Å². The Morgan fingerprint density at radius 1 is 1.13 bits per heavy atom. The fraction of sp³-hybridized carbons (Fsp3) is 0.194. The first-order valence-electron chi connectivity index (χ1n) is 12.7. The largest absolute Gasteiger partial charge is 0.489 e. The van der Waals surface area contributed by atoms with Crippen LogP contribution in [0.1, 0.15) is 24.0 Å². The summed E-state index contributed by atoms with van der Waals surface area (Å²) in [6.07, 6.45) is 5.21. The number of halogens is 1. The van der Waals surface area contributed by atoms with Crippen LogP contribution in [-0.2, 0) is 16.1 Å². The van der Waals surface area contributed by atoms with E-state index in [4.69, 9.17) is 14.6 Å². The minimum Gasteiger partial charge on any atom is -0.489 e. The average molecular weight is 523 g/mol. The highest BCUT2D eigenvalue weighted by atomic mass is 19.1. The number of nitrogens with zero attached hydrogens (tertiary/aromatic N) is 3. The van der Waals surface area contributed by atoms with Crippen molar-refractivity contribution in [3.8, 4) is 28.8 Å². The van der Waals surface area contributed by atoms with Crippen molar-refractivity contribution in [3.63, 3.8) is 0 Å². The first-order chi connectivity index (χ1) is 19.1. The summed E-state index contributed by atoms with van der Waals surface area (Å²) in [5, 5.41) is 17.3. The number of amides is 1. The second-order valence-electron chi connectivity index (χ2n) is 9.17. The van der Waals surface area contributed by atoms with Crippen molar-refractivity contribution in [2.45, 2.75) is 25.6 Å². The van der Waals surface area contributed by atoms with Crippen LogP contribution >= 0.6 is 0 Å². The molecule has 5 rings (SSSR count). The molecule has 3 aromatic carbocycles. The summed E-state index contributed by atoms with van der Waals surface area (Å²) >= 11 is 0. The van der Waals surface area contributed by atoms with Gasteiger partial charge in [-0.15, -0.1) is 0 Å². The Bertz CT molecular complexity index is 1480. The van der Waals surface area contributed by atoms with E-state index in [1.807, 2.05) is 60.7 Å². The zero-order chi connectivity index (χ0) is 27.0. The number of para-hydroxylation sites is 1. The number of rotatable bonds is 9. The lowest BCUT2D eigenvalue weighted by Crippen LogP contribution is -2.32. The van der Waals surface area contributed by atoms with Gasteiger partial charge in [-0.1, -0.05) is 30.3 Å². The van der Waals surface area contributed by atoms with Crippen molar-refractivity contribution < 1.29 is 18.7 Å². The number of nitrogens with one attached hydrogen (secondary N) is 1. The van der Waals surface area contributed by atoms with E-state index in [1.165, 1.54) is 12.1 Å². The maximum atomic E-state index is 13.1. The number of nitriles is 1. The molecular weight excluding hydrogens is 495 g/mol. The Morgan fingerprint density at radius 3 is 2.59 bits per heavy atom. The molecule has 0 bridgehead atoms. The molecule has 7 nitrogen and oxygen atoms in total. The normalized spacial score (nSPS) is 15.1. The van der Waals surface area contributed by atoms with Crippen LogP contribution in [0.3, 0.4) is 0 Å². The van der Waals surface area contributed by atoms with Gasteiger partial charge in [0.25, 0.3) is 5.91 Å². The van der Waals surface area contributed by atoms with E-state index in [0.29, 0.717) is 36.8 Å². The molecule has 39 heavy (non-hydrogen) atoms. The summed E-state index contributed by atoms with van der Waals surface area (Å²) in [7, 11) is 0. The molecule has 1 saturated heterocycles. The van der Waals surface area contributed by atoms with Crippen molar-refractivity contribution in [3.05, 3.63) is 108 Å². The number of carbonyl (C=O) groups is 1. The van der Waals surface area contributed by atoms with Crippen molar-refractivity contribution >= 4 is 12.0 Å². The predicted molar refractivity (Wildman–Crippen MR) is 145 cm³/mol. The number of hydrogen-bond acceptors (Lipinski definition) is 5. The molecule has 1 N–H and O–H groups in total. The molecular formula is C31H27FN4O3. The fourth-order valence-corrected chi connectivity index (χ4v) is 4.30. The first kappa shape index (κ1) is 25.9. The Kier molecular flexibility index (Phi) is 8.10. The van der Waals surface area contributed by atoms with Crippen LogP contribution in [0.15, 0.2) is 90.6 Å². The molecule has 1 atom stereocenters. The first-order valence-corrected chi connectivity index (χ1v) is 12.7. The van der Waals surface area contributed by atoms with Crippen LogP contribution in [0.5, 0.6) is 5.75 Å². The van der Waals surface area contributed by atoms with Gasteiger partial charge in [0.15, 0.2) is 0 Å². The minimum atomic E-state index is -0.448. The Hall–Kier alpha value is -4.74. The van der Waals surface area contributed by atoms with Crippen molar-refractivity contribution in [2.24, 2.45) is 0 Å². The summed E-state index contributed by atoms with van der Waals surface area (Å²) in [6, 6.07) is 25.2. The van der Waals surface area contributed by atoms with Crippen LogP contribution in [0.2, 0.25) is 0 Å². The number of hydrogen-bond donors (Lipinski definition) is 1. The SMILES string of the molecule is N#CC(=Cc1cn(-c2ccccc2)nc1-c1ccc(OCc2ccc(F)cc2)cc1)C(=O)NCC1CCCO1. The monoisotopic (exact) mass is 522 g/mol. The van der Waals surface area contributed by atoms with Gasteiger partial charge in [0.05, 0.1) is 17.5 Å². The number of carbonyl (C=O) groups excluding carboxylic acids is 1. The molecule has 1 fully saturated rings. The molecule has 2 heterocycles. The quantitative estimate of drug-likeness (QED) is 0.233. The summed E-state index contributed by atoms with van der Waals surface area (Å²) in [5.74, 6) is -0.0902. The van der Waals surface area contributed by atoms with Crippen LogP contribution in [0.4, 0.5) is 4.39 Å². The molecule has 0 radical (unpaired) electrons. The second kappa shape index (κ2) is 12.2. The van der Waals surface area contributed by atoms with E-state index in [-0.39, 0.29) is 17.5 Å². The molecule has 1 aliphatic heterocycles. The summed E-state index contributed by atoms with van der Waals surface area (Å²) in [4.78, 5) is 12.8.